The molecule has 0 saturated carbocycles. The molecule has 1 aromatic heterocycles. The van der Waals surface area contributed by atoms with E-state index in [1.807, 2.05) is 43.3 Å². The van der Waals surface area contributed by atoms with Crippen molar-refractivity contribution >= 4 is 29.1 Å². The maximum absolute atomic E-state index is 12.4. The maximum Gasteiger partial charge on any atom is 0.270 e. The van der Waals surface area contributed by atoms with Gasteiger partial charge in [0.25, 0.3) is 5.91 Å². The molecule has 0 radical (unpaired) electrons. The number of carbonyl (C=O) groups is 1. The lowest BCUT2D eigenvalue weighted by Gasteiger charge is -2.09. The van der Waals surface area contributed by atoms with E-state index in [1.165, 1.54) is 0 Å². The highest BCUT2D eigenvalue weighted by atomic mass is 35.5. The molecule has 3 rings (SSSR count). The van der Waals surface area contributed by atoms with Crippen molar-refractivity contribution < 1.29 is 9.53 Å². The zero-order chi connectivity index (χ0) is 19.9. The van der Waals surface area contributed by atoms with Gasteiger partial charge in [-0.3, -0.25) is 4.79 Å². The summed E-state index contributed by atoms with van der Waals surface area (Å²) < 4.78 is 5.14. The van der Waals surface area contributed by atoms with Crippen molar-refractivity contribution in [3.8, 4) is 5.75 Å². The first-order chi connectivity index (χ1) is 13.5. The highest BCUT2D eigenvalue weighted by molar-refractivity contribution is 6.31. The monoisotopic (exact) mass is 396 g/mol. The second-order valence-electron chi connectivity index (χ2n) is 6.21. The Morgan fingerprint density at radius 2 is 1.93 bits per heavy atom. The second kappa shape index (κ2) is 9.19. The predicted octanol–water partition coefficient (Wildman–Crippen LogP) is 4.16. The smallest absolute Gasteiger partial charge is 0.270 e. The van der Waals surface area contributed by atoms with Gasteiger partial charge in [-0.15, -0.1) is 0 Å². The van der Waals surface area contributed by atoms with Crippen LogP contribution < -0.4 is 15.4 Å². The normalized spacial score (nSPS) is 10.4. The lowest BCUT2D eigenvalue weighted by atomic mass is 10.1. The summed E-state index contributed by atoms with van der Waals surface area (Å²) in [6.07, 6.45) is 2.26. The third-order valence-electron chi connectivity index (χ3n) is 4.17. The number of methoxy groups -OCH3 is 1. The molecule has 144 valence electrons. The van der Waals surface area contributed by atoms with Crippen LogP contribution in [0.25, 0.3) is 0 Å². The first-order valence-electron chi connectivity index (χ1n) is 8.82. The number of aromatic nitrogens is 2. The quantitative estimate of drug-likeness (QED) is 0.627. The number of nitrogens with one attached hydrogen (secondary N) is 2. The molecular formula is C21H21ClN4O2. The Labute approximate surface area is 168 Å². The first kappa shape index (κ1) is 19.6. The summed E-state index contributed by atoms with van der Waals surface area (Å²) in [6.45, 7) is 2.44. The van der Waals surface area contributed by atoms with Gasteiger partial charge >= 0.3 is 0 Å². The summed E-state index contributed by atoms with van der Waals surface area (Å²) in [7, 11) is 1.63. The largest absolute Gasteiger partial charge is 0.497 e. The number of hydrogen-bond donors (Lipinski definition) is 2. The number of rotatable bonds is 7. The Bertz CT molecular complexity index is 961. The third kappa shape index (κ3) is 5.20. The lowest BCUT2D eigenvalue weighted by Crippen LogP contribution is -2.26. The number of nitrogens with zero attached hydrogens (tertiary/aromatic N) is 2. The van der Waals surface area contributed by atoms with Gasteiger partial charge in [-0.1, -0.05) is 29.8 Å². The fourth-order valence-corrected chi connectivity index (χ4v) is 2.73. The van der Waals surface area contributed by atoms with Gasteiger partial charge in [-0.05, 0) is 54.8 Å². The summed E-state index contributed by atoms with van der Waals surface area (Å²) in [5.41, 5.74) is 3.15. The van der Waals surface area contributed by atoms with Crippen molar-refractivity contribution in [2.75, 3.05) is 19.0 Å². The fourth-order valence-electron chi connectivity index (χ4n) is 2.55. The van der Waals surface area contributed by atoms with E-state index in [4.69, 9.17) is 16.3 Å². The van der Waals surface area contributed by atoms with E-state index in [-0.39, 0.29) is 5.91 Å². The van der Waals surface area contributed by atoms with Gasteiger partial charge in [0.05, 0.1) is 7.11 Å². The van der Waals surface area contributed by atoms with Crippen LogP contribution in [-0.2, 0) is 6.42 Å². The number of carbonyl (C=O) groups excluding carboxylic acids is 1. The van der Waals surface area contributed by atoms with E-state index in [9.17, 15) is 4.79 Å². The number of hydrogen-bond acceptors (Lipinski definition) is 5. The molecule has 2 N–H and O–H groups in total. The van der Waals surface area contributed by atoms with Crippen LogP contribution in [0.4, 0.5) is 11.6 Å². The van der Waals surface area contributed by atoms with Crippen LogP contribution in [-0.4, -0.2) is 29.5 Å². The fraction of sp³-hybridized carbons (Fsp3) is 0.190. The van der Waals surface area contributed by atoms with E-state index in [2.05, 4.69) is 20.6 Å². The Kier molecular flexibility index (Phi) is 6.45. The molecule has 2 aromatic carbocycles. The predicted molar refractivity (Wildman–Crippen MR) is 111 cm³/mol. The number of amides is 1. The Morgan fingerprint density at radius 1 is 1.14 bits per heavy atom. The summed E-state index contributed by atoms with van der Waals surface area (Å²) in [5.74, 6) is 0.896. The minimum Gasteiger partial charge on any atom is -0.497 e. The number of halogens is 1. The van der Waals surface area contributed by atoms with E-state index in [0.717, 1.165) is 22.6 Å². The zero-order valence-electron chi connectivity index (χ0n) is 15.7. The third-order valence-corrected chi connectivity index (χ3v) is 4.58. The Morgan fingerprint density at radius 3 is 2.64 bits per heavy atom. The number of ether oxygens (including phenoxy) is 1. The molecule has 1 amide bonds. The van der Waals surface area contributed by atoms with Gasteiger partial charge in [0.1, 0.15) is 11.4 Å². The van der Waals surface area contributed by atoms with Crippen LogP contribution in [0.3, 0.4) is 0 Å². The summed E-state index contributed by atoms with van der Waals surface area (Å²) >= 11 is 6.13. The summed E-state index contributed by atoms with van der Waals surface area (Å²) in [6, 6.07) is 14.9. The molecule has 6 nitrogen and oxygen atoms in total. The molecule has 0 saturated heterocycles. The molecule has 0 spiro atoms. The van der Waals surface area contributed by atoms with Crippen LogP contribution in [0.15, 0.2) is 54.7 Å². The van der Waals surface area contributed by atoms with Crippen LogP contribution in [0.5, 0.6) is 5.75 Å². The molecule has 0 aliphatic carbocycles. The topological polar surface area (TPSA) is 76.1 Å². The van der Waals surface area contributed by atoms with Crippen molar-refractivity contribution in [1.29, 1.82) is 0 Å². The molecule has 0 aliphatic rings. The highest BCUT2D eigenvalue weighted by Crippen LogP contribution is 2.21. The number of benzene rings is 2. The second-order valence-corrected chi connectivity index (χ2v) is 6.62. The number of aryl methyl sites for hydroxylation is 1. The number of anilines is 2. The van der Waals surface area contributed by atoms with E-state index >= 15 is 0 Å². The van der Waals surface area contributed by atoms with Gasteiger partial charge in [0.2, 0.25) is 5.95 Å². The van der Waals surface area contributed by atoms with Crippen LogP contribution >= 0.6 is 11.6 Å². The molecular weight excluding hydrogens is 376 g/mol. The molecule has 0 fully saturated rings. The Hall–Kier alpha value is -3.12. The molecule has 0 atom stereocenters. The van der Waals surface area contributed by atoms with E-state index in [0.29, 0.717) is 29.6 Å². The van der Waals surface area contributed by atoms with Crippen molar-refractivity contribution in [1.82, 2.24) is 15.3 Å². The minimum atomic E-state index is -0.249. The van der Waals surface area contributed by atoms with Crippen LogP contribution in [0.1, 0.15) is 21.6 Å². The average Bonchev–Trinajstić information content (AvgIpc) is 2.71. The van der Waals surface area contributed by atoms with Crippen molar-refractivity contribution in [2.45, 2.75) is 13.3 Å². The molecule has 0 unspecified atom stereocenters. The lowest BCUT2D eigenvalue weighted by molar-refractivity contribution is 0.0949. The van der Waals surface area contributed by atoms with Crippen LogP contribution in [0.2, 0.25) is 5.02 Å². The molecule has 0 aliphatic heterocycles. The maximum atomic E-state index is 12.4. The van der Waals surface area contributed by atoms with Gasteiger partial charge in [-0.25, -0.2) is 9.97 Å². The SMILES string of the molecule is COc1ccc(CCNC(=O)c2ccnc(Nc3ccc(C)c(Cl)c3)n2)cc1. The minimum absolute atomic E-state index is 0.249. The molecule has 7 heteroatoms. The van der Waals surface area contributed by atoms with E-state index < -0.39 is 0 Å². The molecule has 0 bridgehead atoms. The van der Waals surface area contributed by atoms with Gasteiger partial charge in [-0.2, -0.15) is 0 Å². The van der Waals surface area contributed by atoms with E-state index in [1.54, 1.807) is 25.4 Å². The van der Waals surface area contributed by atoms with Crippen molar-refractivity contribution in [3.05, 3.63) is 76.6 Å². The van der Waals surface area contributed by atoms with Gasteiger partial charge < -0.3 is 15.4 Å². The summed E-state index contributed by atoms with van der Waals surface area (Å²) in [5, 5.41) is 6.59. The first-order valence-corrected chi connectivity index (χ1v) is 9.20. The average molecular weight is 397 g/mol. The molecule has 1 heterocycles. The highest BCUT2D eigenvalue weighted by Gasteiger charge is 2.09. The zero-order valence-corrected chi connectivity index (χ0v) is 16.5. The van der Waals surface area contributed by atoms with Crippen LogP contribution in [0, 0.1) is 6.92 Å². The van der Waals surface area contributed by atoms with Gasteiger partial charge in [0.15, 0.2) is 0 Å². The van der Waals surface area contributed by atoms with Gasteiger partial charge in [0, 0.05) is 23.5 Å². The molecule has 3 aromatic rings. The van der Waals surface area contributed by atoms with Crippen molar-refractivity contribution in [2.24, 2.45) is 0 Å². The van der Waals surface area contributed by atoms with Crippen molar-refractivity contribution in [3.63, 3.8) is 0 Å². The summed E-state index contributed by atoms with van der Waals surface area (Å²) in [4.78, 5) is 20.8. The molecule has 28 heavy (non-hydrogen) atoms. The standard InChI is InChI=1S/C21H21ClN4O2/c1-14-3-6-16(13-18(14)22)25-21-24-12-10-19(26-21)20(27)23-11-9-15-4-7-17(28-2)8-5-15/h3-8,10,12-13H,9,11H2,1-2H3,(H,23,27)(H,24,25,26). The Balaban J connectivity index is 1.57.